The zero-order chi connectivity index (χ0) is 15.4. The highest BCUT2D eigenvalue weighted by Crippen LogP contribution is 2.38. The molecule has 2 aromatic rings. The fraction of sp³-hybridized carbons (Fsp3) is 0.333. The Hall–Kier alpha value is -2.36. The Bertz CT molecular complexity index is 642. The predicted molar refractivity (Wildman–Crippen MR) is 88.8 cm³/mol. The van der Waals surface area contributed by atoms with Crippen LogP contribution in [0.1, 0.15) is 19.0 Å². The number of pyridine rings is 1. The minimum atomic E-state index is 0.131. The van der Waals surface area contributed by atoms with Crippen molar-refractivity contribution in [2.75, 3.05) is 17.2 Å². The van der Waals surface area contributed by atoms with E-state index in [0.717, 1.165) is 36.5 Å². The van der Waals surface area contributed by atoms with E-state index in [1.54, 1.807) is 6.20 Å². The Morgan fingerprint density at radius 2 is 1.91 bits per heavy atom. The van der Waals surface area contributed by atoms with Gasteiger partial charge in [-0.2, -0.15) is 0 Å². The smallest absolute Gasteiger partial charge is 0.227 e. The van der Waals surface area contributed by atoms with Gasteiger partial charge in [-0.25, -0.2) is 0 Å². The summed E-state index contributed by atoms with van der Waals surface area (Å²) in [6.45, 7) is 2.89. The molecule has 0 bridgehead atoms. The van der Waals surface area contributed by atoms with Gasteiger partial charge in [0.25, 0.3) is 0 Å². The molecule has 4 heteroatoms. The second kappa shape index (κ2) is 6.60. The van der Waals surface area contributed by atoms with E-state index >= 15 is 0 Å². The van der Waals surface area contributed by atoms with E-state index in [1.165, 1.54) is 0 Å². The Labute approximate surface area is 131 Å². The van der Waals surface area contributed by atoms with Crippen LogP contribution in [0, 0.1) is 11.8 Å². The Morgan fingerprint density at radius 3 is 2.59 bits per heavy atom. The first-order valence-corrected chi connectivity index (χ1v) is 7.77. The van der Waals surface area contributed by atoms with Crippen molar-refractivity contribution >= 4 is 17.3 Å². The van der Waals surface area contributed by atoms with Crippen LogP contribution in [0.15, 0.2) is 48.7 Å². The molecule has 0 aliphatic heterocycles. The maximum atomic E-state index is 12.1. The van der Waals surface area contributed by atoms with Crippen molar-refractivity contribution in [1.82, 2.24) is 4.98 Å². The molecule has 2 N–H and O–H groups in total. The summed E-state index contributed by atoms with van der Waals surface area (Å²) in [7, 11) is 0. The molecule has 2 atom stereocenters. The van der Waals surface area contributed by atoms with Crippen LogP contribution in [0.5, 0.6) is 0 Å². The van der Waals surface area contributed by atoms with Crippen molar-refractivity contribution < 1.29 is 4.79 Å². The summed E-state index contributed by atoms with van der Waals surface area (Å²) in [5, 5.41) is 6.42. The molecular weight excluding hydrogens is 274 g/mol. The number of hydrogen-bond acceptors (Lipinski definition) is 3. The summed E-state index contributed by atoms with van der Waals surface area (Å²) < 4.78 is 0. The minimum Gasteiger partial charge on any atom is -0.383 e. The van der Waals surface area contributed by atoms with Gasteiger partial charge in [-0.05, 0) is 36.6 Å². The number of amides is 1. The number of aromatic nitrogens is 1. The van der Waals surface area contributed by atoms with Crippen molar-refractivity contribution in [2.45, 2.75) is 19.8 Å². The van der Waals surface area contributed by atoms with E-state index < -0.39 is 0 Å². The maximum Gasteiger partial charge on any atom is 0.227 e. The number of benzene rings is 1. The molecular formula is C18H21N3O. The average Bonchev–Trinajstić information content (AvgIpc) is 3.27. The third-order valence-corrected chi connectivity index (χ3v) is 4.05. The quantitative estimate of drug-likeness (QED) is 0.859. The van der Waals surface area contributed by atoms with Crippen LogP contribution >= 0.6 is 0 Å². The largest absolute Gasteiger partial charge is 0.383 e. The zero-order valence-electron chi connectivity index (χ0n) is 12.8. The molecule has 0 spiro atoms. The average molecular weight is 295 g/mol. The third kappa shape index (κ3) is 3.64. The second-order valence-electron chi connectivity index (χ2n) is 5.85. The van der Waals surface area contributed by atoms with E-state index in [1.807, 2.05) is 42.5 Å². The summed E-state index contributed by atoms with van der Waals surface area (Å²) in [5.74, 6) is 0.831. The summed E-state index contributed by atoms with van der Waals surface area (Å²) in [6.07, 6.45) is 3.66. The van der Waals surface area contributed by atoms with Gasteiger partial charge in [0.2, 0.25) is 5.91 Å². The molecule has 0 unspecified atom stereocenters. The molecule has 4 nitrogen and oxygen atoms in total. The van der Waals surface area contributed by atoms with Crippen LogP contribution in [0.4, 0.5) is 11.4 Å². The Morgan fingerprint density at radius 1 is 1.18 bits per heavy atom. The molecule has 1 saturated carbocycles. The lowest BCUT2D eigenvalue weighted by Crippen LogP contribution is -2.16. The van der Waals surface area contributed by atoms with E-state index in [0.29, 0.717) is 5.92 Å². The Balaban J connectivity index is 1.58. The monoisotopic (exact) mass is 295 g/mol. The van der Waals surface area contributed by atoms with Crippen LogP contribution in [0.2, 0.25) is 0 Å². The molecule has 1 amide bonds. The van der Waals surface area contributed by atoms with Gasteiger partial charge >= 0.3 is 0 Å². The number of nitrogens with one attached hydrogen (secondary N) is 2. The number of nitrogens with zero attached hydrogens (tertiary/aromatic N) is 1. The number of carbonyl (C=O) groups excluding carboxylic acids is 1. The fourth-order valence-electron chi connectivity index (χ4n) is 2.53. The van der Waals surface area contributed by atoms with Crippen LogP contribution in [-0.4, -0.2) is 17.4 Å². The minimum absolute atomic E-state index is 0.131. The van der Waals surface area contributed by atoms with Crippen molar-refractivity contribution in [2.24, 2.45) is 11.8 Å². The Kier molecular flexibility index (Phi) is 4.37. The van der Waals surface area contributed by atoms with Gasteiger partial charge in [0, 0.05) is 30.8 Å². The van der Waals surface area contributed by atoms with Crippen molar-refractivity contribution in [3.8, 4) is 0 Å². The molecule has 1 aromatic carbocycles. The van der Waals surface area contributed by atoms with Crippen molar-refractivity contribution in [1.29, 1.82) is 0 Å². The lowest BCUT2D eigenvalue weighted by atomic mass is 10.2. The molecule has 114 valence electrons. The highest BCUT2D eigenvalue weighted by Gasteiger charge is 2.39. The fourth-order valence-corrected chi connectivity index (χ4v) is 2.53. The zero-order valence-corrected chi connectivity index (χ0v) is 12.8. The summed E-state index contributed by atoms with van der Waals surface area (Å²) in [4.78, 5) is 16.4. The highest BCUT2D eigenvalue weighted by molar-refractivity contribution is 5.97. The molecule has 0 saturated heterocycles. The second-order valence-corrected chi connectivity index (χ2v) is 5.85. The highest BCUT2D eigenvalue weighted by atomic mass is 16.2. The molecule has 22 heavy (non-hydrogen) atoms. The van der Waals surface area contributed by atoms with Gasteiger partial charge in [0.1, 0.15) is 0 Å². The van der Waals surface area contributed by atoms with Crippen LogP contribution < -0.4 is 10.6 Å². The molecule has 1 aliphatic carbocycles. The number of para-hydroxylation sites is 2. The number of anilines is 2. The molecule has 3 rings (SSSR count). The molecule has 0 radical (unpaired) electrons. The lowest BCUT2D eigenvalue weighted by molar-refractivity contribution is -0.117. The third-order valence-electron chi connectivity index (χ3n) is 4.05. The first-order valence-electron chi connectivity index (χ1n) is 7.77. The molecule has 1 aliphatic rings. The normalized spacial score (nSPS) is 19.5. The lowest BCUT2D eigenvalue weighted by Gasteiger charge is -2.13. The van der Waals surface area contributed by atoms with Gasteiger partial charge in [-0.1, -0.05) is 25.1 Å². The van der Waals surface area contributed by atoms with Crippen molar-refractivity contribution in [3.05, 3.63) is 54.4 Å². The summed E-state index contributed by atoms with van der Waals surface area (Å²) in [6, 6.07) is 13.8. The standard InChI is InChI=1S/C18H21N3O/c1-13-12-15(13)18(22)21-17-8-3-2-7-16(17)20-11-9-14-6-4-5-10-19-14/h2-8,10,13,15,20H,9,11-12H2,1H3,(H,21,22)/t13-,15-/m0/s1. The SMILES string of the molecule is C[C@H]1C[C@@H]1C(=O)Nc1ccccc1NCCc1ccccn1. The summed E-state index contributed by atoms with van der Waals surface area (Å²) >= 11 is 0. The van der Waals surface area contributed by atoms with Gasteiger partial charge in [0.15, 0.2) is 0 Å². The topological polar surface area (TPSA) is 54.0 Å². The predicted octanol–water partition coefficient (Wildman–Crippen LogP) is 3.33. The van der Waals surface area contributed by atoms with Crippen LogP contribution in [0.25, 0.3) is 0 Å². The van der Waals surface area contributed by atoms with Gasteiger partial charge in [-0.3, -0.25) is 9.78 Å². The van der Waals surface area contributed by atoms with Gasteiger partial charge in [0.05, 0.1) is 11.4 Å². The summed E-state index contributed by atoms with van der Waals surface area (Å²) in [5.41, 5.74) is 2.87. The van der Waals surface area contributed by atoms with Crippen LogP contribution in [-0.2, 0) is 11.2 Å². The molecule has 1 fully saturated rings. The maximum absolute atomic E-state index is 12.1. The number of carbonyl (C=O) groups is 1. The molecule has 1 aromatic heterocycles. The van der Waals surface area contributed by atoms with Gasteiger partial charge in [-0.15, -0.1) is 0 Å². The number of hydrogen-bond donors (Lipinski definition) is 2. The first-order chi connectivity index (χ1) is 10.7. The van der Waals surface area contributed by atoms with E-state index in [9.17, 15) is 4.79 Å². The number of rotatable bonds is 6. The van der Waals surface area contributed by atoms with Crippen LogP contribution in [0.3, 0.4) is 0 Å². The molecule has 1 heterocycles. The van der Waals surface area contributed by atoms with E-state index in [4.69, 9.17) is 0 Å². The first kappa shape index (κ1) is 14.6. The van der Waals surface area contributed by atoms with E-state index in [-0.39, 0.29) is 11.8 Å². The van der Waals surface area contributed by atoms with Crippen molar-refractivity contribution in [3.63, 3.8) is 0 Å². The van der Waals surface area contributed by atoms with Gasteiger partial charge < -0.3 is 10.6 Å². The van der Waals surface area contributed by atoms with E-state index in [2.05, 4.69) is 22.5 Å².